The van der Waals surface area contributed by atoms with Crippen molar-refractivity contribution in [1.82, 2.24) is 9.88 Å². The van der Waals surface area contributed by atoms with E-state index in [1.54, 1.807) is 25.6 Å². The minimum absolute atomic E-state index is 0.0686. The van der Waals surface area contributed by atoms with Gasteiger partial charge >= 0.3 is 0 Å². The Morgan fingerprint density at radius 2 is 1.87 bits per heavy atom. The smallest absolute Gasteiger partial charge is 0.226 e. The predicted octanol–water partition coefficient (Wildman–Crippen LogP) is 5.06. The van der Waals surface area contributed by atoms with Gasteiger partial charge in [-0.2, -0.15) is 0 Å². The lowest BCUT2D eigenvalue weighted by molar-refractivity contribution is -0.135. The summed E-state index contributed by atoms with van der Waals surface area (Å²) in [5, 5.41) is 1.07. The molecule has 0 unspecified atom stereocenters. The lowest BCUT2D eigenvalue weighted by Crippen LogP contribution is -2.37. The Morgan fingerprint density at radius 1 is 1.10 bits per heavy atom. The van der Waals surface area contributed by atoms with E-state index in [1.165, 1.54) is 4.70 Å². The number of allylic oxidation sites excluding steroid dienone is 2. The molecule has 2 atom stereocenters. The molecule has 2 aromatic carbocycles. The number of hydrogen-bond acceptors (Lipinski definition) is 5. The predicted molar refractivity (Wildman–Crippen MR) is 125 cm³/mol. The number of methoxy groups -OCH3 is 2. The molecule has 5 nitrogen and oxygen atoms in total. The molecule has 1 aliphatic rings. The second kappa shape index (κ2) is 9.52. The van der Waals surface area contributed by atoms with Crippen molar-refractivity contribution in [2.24, 2.45) is 5.92 Å². The number of likely N-dealkylation sites (N-methyl/N-ethyl adjacent to an activating group) is 1. The van der Waals surface area contributed by atoms with E-state index in [9.17, 15) is 4.79 Å². The van der Waals surface area contributed by atoms with E-state index >= 15 is 0 Å². The zero-order chi connectivity index (χ0) is 21.8. The summed E-state index contributed by atoms with van der Waals surface area (Å²) in [5.74, 6) is 1.68. The highest BCUT2D eigenvalue weighted by Crippen LogP contribution is 2.39. The molecule has 1 aromatic heterocycles. The van der Waals surface area contributed by atoms with E-state index in [0.29, 0.717) is 18.0 Å². The fourth-order valence-electron chi connectivity index (χ4n) is 4.13. The third kappa shape index (κ3) is 4.59. The summed E-state index contributed by atoms with van der Waals surface area (Å²) in [5.41, 5.74) is 2.13. The number of carbonyl (C=O) groups excluding carboxylic acids is 1. The summed E-state index contributed by atoms with van der Waals surface area (Å²) in [6.45, 7) is 0.654. The second-order valence-corrected chi connectivity index (χ2v) is 8.94. The molecule has 0 fully saturated rings. The van der Waals surface area contributed by atoms with Gasteiger partial charge in [0, 0.05) is 19.5 Å². The van der Waals surface area contributed by atoms with Gasteiger partial charge in [0.05, 0.1) is 35.4 Å². The first-order valence-corrected chi connectivity index (χ1v) is 11.4. The lowest BCUT2D eigenvalue weighted by atomic mass is 9.82. The number of para-hydroxylation sites is 1. The molecule has 0 saturated heterocycles. The molecule has 0 N–H and O–H groups in total. The van der Waals surface area contributed by atoms with Crippen LogP contribution >= 0.6 is 11.3 Å². The molecule has 0 saturated carbocycles. The van der Waals surface area contributed by atoms with Gasteiger partial charge in [-0.1, -0.05) is 30.4 Å². The molecule has 1 heterocycles. The summed E-state index contributed by atoms with van der Waals surface area (Å²) < 4.78 is 11.9. The van der Waals surface area contributed by atoms with Crippen molar-refractivity contribution >= 4 is 27.5 Å². The summed E-state index contributed by atoms with van der Waals surface area (Å²) >= 11 is 1.71. The van der Waals surface area contributed by atoms with Crippen LogP contribution in [-0.4, -0.2) is 43.6 Å². The number of thiazole rings is 1. The number of carbonyl (C=O) groups is 1. The number of nitrogens with zero attached hydrogens (tertiary/aromatic N) is 2. The molecule has 6 heteroatoms. The van der Waals surface area contributed by atoms with E-state index in [4.69, 9.17) is 14.5 Å². The van der Waals surface area contributed by atoms with Gasteiger partial charge < -0.3 is 14.4 Å². The minimum atomic E-state index is -0.0686. The third-order valence-electron chi connectivity index (χ3n) is 5.94. The van der Waals surface area contributed by atoms with Crippen LogP contribution in [0.2, 0.25) is 0 Å². The number of amides is 1. The summed E-state index contributed by atoms with van der Waals surface area (Å²) in [4.78, 5) is 20.1. The third-order valence-corrected chi connectivity index (χ3v) is 7.11. The maximum atomic E-state index is 13.4. The average Bonchev–Trinajstić information content (AvgIpc) is 3.26. The zero-order valence-corrected chi connectivity index (χ0v) is 19.0. The zero-order valence-electron chi connectivity index (χ0n) is 18.2. The van der Waals surface area contributed by atoms with Crippen molar-refractivity contribution in [1.29, 1.82) is 0 Å². The number of fused-ring (bicyclic) bond motifs is 1. The Labute approximate surface area is 187 Å². The maximum Gasteiger partial charge on any atom is 0.226 e. The highest BCUT2D eigenvalue weighted by Gasteiger charge is 2.33. The van der Waals surface area contributed by atoms with Crippen LogP contribution in [0.3, 0.4) is 0 Å². The molecule has 0 bridgehead atoms. The van der Waals surface area contributed by atoms with Crippen LogP contribution in [0.25, 0.3) is 10.2 Å². The number of hydrogen-bond donors (Lipinski definition) is 0. The van der Waals surface area contributed by atoms with Crippen molar-refractivity contribution in [3.8, 4) is 11.5 Å². The van der Waals surface area contributed by atoms with Gasteiger partial charge in [-0.25, -0.2) is 4.98 Å². The summed E-state index contributed by atoms with van der Waals surface area (Å²) in [6, 6.07) is 14.1. The first-order valence-electron chi connectivity index (χ1n) is 10.6. The topological polar surface area (TPSA) is 51.7 Å². The standard InChI is InChI=1S/C25H28N2O3S/c1-27(15-14-17-12-13-21(29-2)22(16-17)30-3)25(28)19-9-5-4-8-18(19)24-26-20-10-6-7-11-23(20)31-24/h4-7,10-13,16,18-19H,8-9,14-15H2,1-3H3/t18-,19-/m0/s1. The van der Waals surface area contributed by atoms with E-state index < -0.39 is 0 Å². The highest BCUT2D eigenvalue weighted by atomic mass is 32.1. The molecule has 1 amide bonds. The van der Waals surface area contributed by atoms with Crippen LogP contribution in [0, 0.1) is 5.92 Å². The molecule has 0 radical (unpaired) electrons. The first kappa shape index (κ1) is 21.4. The molecule has 31 heavy (non-hydrogen) atoms. The van der Waals surface area contributed by atoms with Crippen molar-refractivity contribution in [2.45, 2.75) is 25.2 Å². The Hall–Kier alpha value is -2.86. The van der Waals surface area contributed by atoms with E-state index in [-0.39, 0.29) is 17.7 Å². The summed E-state index contributed by atoms with van der Waals surface area (Å²) in [6.07, 6.45) is 6.70. The van der Waals surface area contributed by atoms with Crippen LogP contribution in [-0.2, 0) is 11.2 Å². The second-order valence-electron chi connectivity index (χ2n) is 7.87. The maximum absolute atomic E-state index is 13.4. The fraction of sp³-hybridized carbons (Fsp3) is 0.360. The summed E-state index contributed by atoms with van der Waals surface area (Å²) in [7, 11) is 5.16. The van der Waals surface area contributed by atoms with Crippen LogP contribution in [0.4, 0.5) is 0 Å². The lowest BCUT2D eigenvalue weighted by Gasteiger charge is -2.30. The Morgan fingerprint density at radius 3 is 2.65 bits per heavy atom. The first-order chi connectivity index (χ1) is 15.1. The van der Waals surface area contributed by atoms with Crippen LogP contribution in [0.5, 0.6) is 11.5 Å². The van der Waals surface area contributed by atoms with Crippen molar-refractivity contribution in [3.05, 3.63) is 65.2 Å². The monoisotopic (exact) mass is 436 g/mol. The average molecular weight is 437 g/mol. The normalized spacial score (nSPS) is 18.2. The van der Waals surface area contributed by atoms with Gasteiger partial charge in [-0.05, 0) is 49.1 Å². The van der Waals surface area contributed by atoms with Gasteiger partial charge in [-0.15, -0.1) is 11.3 Å². The molecule has 162 valence electrons. The van der Waals surface area contributed by atoms with E-state index in [1.807, 2.05) is 48.3 Å². The quantitative estimate of drug-likeness (QED) is 0.486. The molecule has 4 rings (SSSR count). The number of ether oxygens (including phenoxy) is 2. The molecular weight excluding hydrogens is 408 g/mol. The number of benzene rings is 2. The van der Waals surface area contributed by atoms with Gasteiger partial charge in [0.2, 0.25) is 5.91 Å². The van der Waals surface area contributed by atoms with Gasteiger partial charge in [-0.3, -0.25) is 4.79 Å². The minimum Gasteiger partial charge on any atom is -0.493 e. The van der Waals surface area contributed by atoms with Gasteiger partial charge in [0.25, 0.3) is 0 Å². The van der Waals surface area contributed by atoms with Crippen LogP contribution in [0.1, 0.15) is 29.3 Å². The van der Waals surface area contributed by atoms with Crippen LogP contribution < -0.4 is 9.47 Å². The van der Waals surface area contributed by atoms with Crippen molar-refractivity contribution in [2.75, 3.05) is 27.8 Å². The SMILES string of the molecule is COc1ccc(CCN(C)C(=O)[C@H]2CC=CC[C@@H]2c2nc3ccccc3s2)cc1OC. The molecule has 0 spiro atoms. The van der Waals surface area contributed by atoms with Crippen LogP contribution in [0.15, 0.2) is 54.6 Å². The fourth-order valence-corrected chi connectivity index (χ4v) is 5.28. The van der Waals surface area contributed by atoms with Gasteiger partial charge in [0.1, 0.15) is 0 Å². The molecule has 3 aromatic rings. The Kier molecular flexibility index (Phi) is 6.56. The highest BCUT2D eigenvalue weighted by molar-refractivity contribution is 7.18. The molecule has 0 aliphatic heterocycles. The number of rotatable bonds is 7. The molecule has 1 aliphatic carbocycles. The van der Waals surface area contributed by atoms with Crippen molar-refractivity contribution < 1.29 is 14.3 Å². The molecular formula is C25H28N2O3S. The van der Waals surface area contributed by atoms with E-state index in [0.717, 1.165) is 35.4 Å². The number of aromatic nitrogens is 1. The Bertz CT molecular complexity index is 1060. The largest absolute Gasteiger partial charge is 0.493 e. The van der Waals surface area contributed by atoms with Crippen molar-refractivity contribution in [3.63, 3.8) is 0 Å². The van der Waals surface area contributed by atoms with Gasteiger partial charge in [0.15, 0.2) is 11.5 Å². The van der Waals surface area contributed by atoms with E-state index in [2.05, 4.69) is 18.2 Å². The Balaban J connectivity index is 1.46.